The van der Waals surface area contributed by atoms with Crippen LogP contribution in [0.4, 0.5) is 0 Å². The fraction of sp³-hybridized carbons (Fsp3) is 0.913. The molecule has 2 N–H and O–H groups in total. The molecule has 2 atom stereocenters. The van der Waals surface area contributed by atoms with Gasteiger partial charge in [0, 0.05) is 0 Å². The van der Waals surface area contributed by atoms with Gasteiger partial charge in [-0.2, -0.15) is 0 Å². The first-order chi connectivity index (χ1) is 13.3. The highest BCUT2D eigenvalue weighted by Gasteiger charge is 2.42. The molecule has 3 aliphatic carbocycles. The quantitative estimate of drug-likeness (QED) is 0.668. The predicted molar refractivity (Wildman–Crippen MR) is 107 cm³/mol. The van der Waals surface area contributed by atoms with E-state index in [2.05, 4.69) is 13.8 Å². The number of hydrogen-bond donors (Lipinski definition) is 2. The van der Waals surface area contributed by atoms with Gasteiger partial charge in [0.25, 0.3) is 0 Å². The van der Waals surface area contributed by atoms with Crippen molar-refractivity contribution < 1.29 is 24.5 Å². The molecule has 0 amide bonds. The largest absolute Gasteiger partial charge is 0.481 e. The molecule has 0 aromatic heterocycles. The molecule has 5 nitrogen and oxygen atoms in total. The average molecular weight is 395 g/mol. The minimum absolute atomic E-state index is 0.0518. The van der Waals surface area contributed by atoms with Crippen molar-refractivity contribution in [3.63, 3.8) is 0 Å². The molecule has 160 valence electrons. The lowest BCUT2D eigenvalue weighted by molar-refractivity contribution is -0.165. The van der Waals surface area contributed by atoms with Gasteiger partial charge in [0.1, 0.15) is 6.10 Å². The van der Waals surface area contributed by atoms with Crippen molar-refractivity contribution in [3.8, 4) is 0 Å². The smallest absolute Gasteiger partial charge is 0.310 e. The number of aliphatic hydroxyl groups is 1. The molecule has 3 aliphatic rings. The molecule has 28 heavy (non-hydrogen) atoms. The van der Waals surface area contributed by atoms with Crippen LogP contribution in [0.2, 0.25) is 0 Å². The Bertz CT molecular complexity index is 541. The van der Waals surface area contributed by atoms with Crippen LogP contribution in [-0.4, -0.2) is 34.4 Å². The summed E-state index contributed by atoms with van der Waals surface area (Å²) in [5, 5.41) is 19.2. The van der Waals surface area contributed by atoms with Crippen molar-refractivity contribution in [2.75, 3.05) is 0 Å². The number of aliphatic carboxylic acids is 1. The predicted octanol–water partition coefficient (Wildman–Crippen LogP) is 4.56. The Morgan fingerprint density at radius 1 is 0.786 bits per heavy atom. The standard InChI is InChI=1S/C23H38O5/c1-23(2,15-7-11-17(24)12-8-15)16-9-13-18(14-10-16)28-22(27)20-6-4-3-5-19(20)21(25)26/h15-20,24H,3-14H2,1-2H3,(H,25,26)/t15?,16?,17?,18?,19-,20+/m1/s1. The molecule has 0 spiro atoms. The summed E-state index contributed by atoms with van der Waals surface area (Å²) in [6.45, 7) is 4.76. The maximum Gasteiger partial charge on any atom is 0.310 e. The van der Waals surface area contributed by atoms with E-state index < -0.39 is 17.8 Å². The molecule has 0 unspecified atom stereocenters. The number of hydrogen-bond acceptors (Lipinski definition) is 4. The Kier molecular flexibility index (Phi) is 7.06. The Hall–Kier alpha value is -1.10. The van der Waals surface area contributed by atoms with Crippen LogP contribution in [0.3, 0.4) is 0 Å². The molecule has 3 saturated carbocycles. The highest BCUT2D eigenvalue weighted by molar-refractivity contribution is 5.81. The number of rotatable bonds is 5. The monoisotopic (exact) mass is 394 g/mol. The lowest BCUT2D eigenvalue weighted by Gasteiger charge is -2.46. The summed E-state index contributed by atoms with van der Waals surface area (Å²) in [4.78, 5) is 24.1. The van der Waals surface area contributed by atoms with Gasteiger partial charge in [0.15, 0.2) is 0 Å². The van der Waals surface area contributed by atoms with Crippen molar-refractivity contribution >= 4 is 11.9 Å². The number of carbonyl (C=O) groups excluding carboxylic acids is 1. The number of carboxylic acids is 1. The minimum Gasteiger partial charge on any atom is -0.481 e. The van der Waals surface area contributed by atoms with Crippen LogP contribution >= 0.6 is 0 Å². The molecule has 3 fully saturated rings. The lowest BCUT2D eigenvalue weighted by Crippen LogP contribution is -2.40. The summed E-state index contributed by atoms with van der Waals surface area (Å²) >= 11 is 0. The molecule has 5 heteroatoms. The van der Waals surface area contributed by atoms with E-state index in [1.54, 1.807) is 0 Å². The maximum absolute atomic E-state index is 12.6. The zero-order valence-corrected chi connectivity index (χ0v) is 17.6. The second-order valence-electron chi connectivity index (χ2n) is 10.1. The van der Waals surface area contributed by atoms with E-state index in [4.69, 9.17) is 4.74 Å². The van der Waals surface area contributed by atoms with Crippen LogP contribution in [0, 0.1) is 29.1 Å². The molecular weight excluding hydrogens is 356 g/mol. The van der Waals surface area contributed by atoms with E-state index in [1.165, 1.54) is 0 Å². The number of aliphatic hydroxyl groups excluding tert-OH is 1. The highest BCUT2D eigenvalue weighted by Crippen LogP contribution is 2.48. The third-order valence-electron chi connectivity index (χ3n) is 8.14. The Morgan fingerprint density at radius 3 is 1.82 bits per heavy atom. The summed E-state index contributed by atoms with van der Waals surface area (Å²) in [6.07, 6.45) is 10.9. The topological polar surface area (TPSA) is 83.8 Å². The van der Waals surface area contributed by atoms with Gasteiger partial charge in [-0.1, -0.05) is 26.7 Å². The molecular formula is C23H38O5. The van der Waals surface area contributed by atoms with Crippen LogP contribution < -0.4 is 0 Å². The van der Waals surface area contributed by atoms with E-state index >= 15 is 0 Å². The summed E-state index contributed by atoms with van der Waals surface area (Å²) in [5.41, 5.74) is 0.257. The van der Waals surface area contributed by atoms with Crippen LogP contribution in [0.25, 0.3) is 0 Å². The first-order valence-corrected chi connectivity index (χ1v) is 11.4. The van der Waals surface area contributed by atoms with Gasteiger partial charge < -0.3 is 14.9 Å². The second kappa shape index (κ2) is 9.15. The molecule has 0 aromatic carbocycles. The maximum atomic E-state index is 12.6. The minimum atomic E-state index is -0.857. The van der Waals surface area contributed by atoms with Gasteiger partial charge in [-0.05, 0) is 81.5 Å². The number of ether oxygens (including phenoxy) is 1. The SMILES string of the molecule is CC(C)(C1CCC(O)CC1)C1CCC(OC(=O)[C@H]2CCCC[C@H]2C(=O)O)CC1. The summed E-state index contributed by atoms with van der Waals surface area (Å²) < 4.78 is 5.80. The van der Waals surface area contributed by atoms with Crippen LogP contribution in [0.5, 0.6) is 0 Å². The zero-order valence-electron chi connectivity index (χ0n) is 17.6. The van der Waals surface area contributed by atoms with E-state index in [-0.39, 0.29) is 23.6 Å². The molecule has 0 aromatic rings. The van der Waals surface area contributed by atoms with Gasteiger partial charge in [0.05, 0.1) is 17.9 Å². The molecule has 0 heterocycles. The summed E-state index contributed by atoms with van der Waals surface area (Å²) in [6, 6.07) is 0. The molecule has 0 radical (unpaired) electrons. The van der Waals surface area contributed by atoms with E-state index in [0.717, 1.165) is 64.2 Å². The van der Waals surface area contributed by atoms with Crippen molar-refractivity contribution in [2.45, 2.75) is 103 Å². The van der Waals surface area contributed by atoms with E-state index in [0.29, 0.717) is 24.7 Å². The van der Waals surface area contributed by atoms with Gasteiger partial charge >= 0.3 is 11.9 Å². The van der Waals surface area contributed by atoms with Crippen LogP contribution in [0.1, 0.15) is 90.9 Å². The van der Waals surface area contributed by atoms with Crippen molar-refractivity contribution in [2.24, 2.45) is 29.1 Å². The van der Waals surface area contributed by atoms with E-state index in [9.17, 15) is 19.8 Å². The highest BCUT2D eigenvalue weighted by atomic mass is 16.5. The third kappa shape index (κ3) is 4.90. The normalized spacial score (nSPS) is 37.2. The molecule has 3 rings (SSSR count). The summed E-state index contributed by atoms with van der Waals surface area (Å²) in [7, 11) is 0. The molecule has 0 aliphatic heterocycles. The fourth-order valence-corrected chi connectivity index (χ4v) is 6.04. The first-order valence-electron chi connectivity index (χ1n) is 11.4. The first kappa shape index (κ1) is 21.6. The molecule has 0 saturated heterocycles. The van der Waals surface area contributed by atoms with Gasteiger partial charge in [-0.3, -0.25) is 9.59 Å². The second-order valence-corrected chi connectivity index (χ2v) is 10.1. The number of carbonyl (C=O) groups is 2. The van der Waals surface area contributed by atoms with Crippen molar-refractivity contribution in [1.82, 2.24) is 0 Å². The average Bonchev–Trinajstić information content (AvgIpc) is 2.68. The third-order valence-corrected chi connectivity index (χ3v) is 8.14. The zero-order chi connectivity index (χ0) is 20.3. The van der Waals surface area contributed by atoms with Crippen LogP contribution in [-0.2, 0) is 14.3 Å². The number of esters is 1. The fourth-order valence-electron chi connectivity index (χ4n) is 6.04. The Balaban J connectivity index is 1.49. The van der Waals surface area contributed by atoms with Gasteiger partial charge in [-0.15, -0.1) is 0 Å². The van der Waals surface area contributed by atoms with Crippen molar-refractivity contribution in [3.05, 3.63) is 0 Å². The summed E-state index contributed by atoms with van der Waals surface area (Å²) in [5.74, 6) is -0.879. The van der Waals surface area contributed by atoms with Gasteiger partial charge in [0.2, 0.25) is 0 Å². The van der Waals surface area contributed by atoms with Gasteiger partial charge in [-0.25, -0.2) is 0 Å². The Morgan fingerprint density at radius 2 is 1.29 bits per heavy atom. The van der Waals surface area contributed by atoms with Crippen LogP contribution in [0.15, 0.2) is 0 Å². The van der Waals surface area contributed by atoms with Crippen molar-refractivity contribution in [1.29, 1.82) is 0 Å². The molecule has 0 bridgehead atoms. The lowest BCUT2D eigenvalue weighted by atomic mass is 9.60. The van der Waals surface area contributed by atoms with E-state index in [1.807, 2.05) is 0 Å². The number of carboxylic acid groups (broad SMARTS) is 1. The Labute approximate surface area is 169 Å².